The zero-order valence-corrected chi connectivity index (χ0v) is 14.2. The average Bonchev–Trinajstić information content (AvgIpc) is 2.80. The second-order valence-electron chi connectivity index (χ2n) is 4.81. The molecule has 0 aliphatic carbocycles. The van der Waals surface area contributed by atoms with E-state index >= 15 is 0 Å². The molecule has 1 amide bonds. The monoisotopic (exact) mass is 356 g/mol. The molecule has 1 heterocycles. The first kappa shape index (κ1) is 17.4. The highest BCUT2D eigenvalue weighted by atomic mass is 35.5. The Morgan fingerprint density at radius 1 is 1.39 bits per heavy atom. The molecular formula is C15H14ClFN2O3S. The summed E-state index contributed by atoms with van der Waals surface area (Å²) in [6.45, 7) is 4.91. The van der Waals surface area contributed by atoms with Crippen LogP contribution < -0.4 is 5.32 Å². The van der Waals surface area contributed by atoms with Crippen LogP contribution in [-0.4, -0.2) is 23.0 Å². The number of rotatable bonds is 4. The third-order valence-electron chi connectivity index (χ3n) is 2.93. The highest BCUT2D eigenvalue weighted by Gasteiger charge is 2.22. The van der Waals surface area contributed by atoms with Crippen LogP contribution >= 0.6 is 22.9 Å². The molecule has 1 aromatic carbocycles. The van der Waals surface area contributed by atoms with Crippen molar-refractivity contribution in [2.24, 2.45) is 0 Å². The molecule has 2 aromatic rings. The Labute approximate surface area is 141 Å². The Bertz CT molecular complexity index is 763. The average molecular weight is 357 g/mol. The summed E-state index contributed by atoms with van der Waals surface area (Å²) < 4.78 is 18.1. The van der Waals surface area contributed by atoms with Gasteiger partial charge in [0.15, 0.2) is 6.10 Å². The lowest BCUT2D eigenvalue weighted by molar-refractivity contribution is -0.123. The Kier molecular flexibility index (Phi) is 5.33. The van der Waals surface area contributed by atoms with Gasteiger partial charge in [-0.2, -0.15) is 0 Å². The number of hydrogen-bond donors (Lipinski definition) is 1. The van der Waals surface area contributed by atoms with Crippen molar-refractivity contribution in [3.05, 3.63) is 44.6 Å². The number of benzene rings is 1. The summed E-state index contributed by atoms with van der Waals surface area (Å²) in [5, 5.41) is 3.29. The van der Waals surface area contributed by atoms with Gasteiger partial charge < -0.3 is 10.1 Å². The molecule has 0 radical (unpaired) electrons. The van der Waals surface area contributed by atoms with Gasteiger partial charge in [0.1, 0.15) is 10.7 Å². The lowest BCUT2D eigenvalue weighted by atomic mass is 10.3. The van der Waals surface area contributed by atoms with Gasteiger partial charge in [0.2, 0.25) is 0 Å². The molecule has 0 aliphatic heterocycles. The smallest absolute Gasteiger partial charge is 0.351 e. The Balaban J connectivity index is 2.02. The number of nitrogens with one attached hydrogen (secondary N) is 1. The number of thiazole rings is 1. The van der Waals surface area contributed by atoms with Crippen molar-refractivity contribution in [1.82, 2.24) is 4.98 Å². The van der Waals surface area contributed by atoms with Gasteiger partial charge in [0, 0.05) is 0 Å². The number of nitrogens with zero attached hydrogens (tertiary/aromatic N) is 1. The molecule has 1 atom stereocenters. The highest BCUT2D eigenvalue weighted by molar-refractivity contribution is 7.13. The summed E-state index contributed by atoms with van der Waals surface area (Å²) in [7, 11) is 0. The molecule has 0 bridgehead atoms. The molecule has 122 valence electrons. The number of amides is 1. The first-order valence-corrected chi connectivity index (χ1v) is 7.88. The van der Waals surface area contributed by atoms with E-state index in [9.17, 15) is 14.0 Å². The molecule has 0 spiro atoms. The van der Waals surface area contributed by atoms with Gasteiger partial charge in [-0.15, -0.1) is 11.3 Å². The summed E-state index contributed by atoms with van der Waals surface area (Å²) in [4.78, 5) is 28.6. The minimum atomic E-state index is -1.04. The molecule has 0 saturated heterocycles. The SMILES string of the molecule is Cc1nc(C)c(C(=O)O[C@H](C)C(=O)Nc2ccc(F)cc2Cl)s1. The van der Waals surface area contributed by atoms with Crippen LogP contribution in [0.25, 0.3) is 0 Å². The quantitative estimate of drug-likeness (QED) is 0.847. The van der Waals surface area contributed by atoms with Crippen molar-refractivity contribution < 1.29 is 18.7 Å². The van der Waals surface area contributed by atoms with Crippen molar-refractivity contribution >= 4 is 40.5 Å². The van der Waals surface area contributed by atoms with Crippen molar-refractivity contribution in [2.75, 3.05) is 5.32 Å². The zero-order valence-electron chi connectivity index (χ0n) is 12.6. The maximum absolute atomic E-state index is 13.0. The lowest BCUT2D eigenvalue weighted by Gasteiger charge is -2.14. The van der Waals surface area contributed by atoms with Gasteiger partial charge >= 0.3 is 5.97 Å². The molecule has 0 aliphatic rings. The maximum atomic E-state index is 13.0. The summed E-state index contributed by atoms with van der Waals surface area (Å²) in [6, 6.07) is 3.58. The largest absolute Gasteiger partial charge is 0.448 e. The van der Waals surface area contributed by atoms with Crippen LogP contribution in [0.1, 0.15) is 27.3 Å². The van der Waals surface area contributed by atoms with E-state index in [1.807, 2.05) is 0 Å². The van der Waals surface area contributed by atoms with E-state index in [-0.39, 0.29) is 10.7 Å². The fraction of sp³-hybridized carbons (Fsp3) is 0.267. The van der Waals surface area contributed by atoms with Crippen LogP contribution in [0.4, 0.5) is 10.1 Å². The molecular weight excluding hydrogens is 343 g/mol. The van der Waals surface area contributed by atoms with E-state index in [0.29, 0.717) is 10.6 Å². The molecule has 1 N–H and O–H groups in total. The summed E-state index contributed by atoms with van der Waals surface area (Å²) in [5.41, 5.74) is 0.803. The Hall–Kier alpha value is -1.99. The van der Waals surface area contributed by atoms with E-state index in [2.05, 4.69) is 10.3 Å². The predicted octanol–water partition coefficient (Wildman–Crippen LogP) is 3.74. The summed E-state index contributed by atoms with van der Waals surface area (Å²) >= 11 is 7.04. The number of halogens is 2. The van der Waals surface area contributed by atoms with Gasteiger partial charge in [-0.05, 0) is 39.0 Å². The highest BCUT2D eigenvalue weighted by Crippen LogP contribution is 2.23. The number of anilines is 1. The van der Waals surface area contributed by atoms with Crippen molar-refractivity contribution in [2.45, 2.75) is 26.9 Å². The molecule has 2 rings (SSSR count). The second-order valence-corrected chi connectivity index (χ2v) is 6.42. The molecule has 1 aromatic heterocycles. The molecule has 0 saturated carbocycles. The number of carbonyl (C=O) groups is 2. The van der Waals surface area contributed by atoms with Crippen LogP contribution in [0.15, 0.2) is 18.2 Å². The van der Waals surface area contributed by atoms with Crippen molar-refractivity contribution in [3.8, 4) is 0 Å². The normalized spacial score (nSPS) is 11.9. The number of ether oxygens (including phenoxy) is 1. The van der Waals surface area contributed by atoms with Crippen molar-refractivity contribution in [1.29, 1.82) is 0 Å². The molecule has 0 fully saturated rings. The van der Waals surface area contributed by atoms with Crippen LogP contribution in [-0.2, 0) is 9.53 Å². The van der Waals surface area contributed by atoms with Gasteiger partial charge in [-0.1, -0.05) is 11.6 Å². The number of carbonyl (C=O) groups excluding carboxylic acids is 2. The van der Waals surface area contributed by atoms with Crippen LogP contribution in [0.3, 0.4) is 0 Å². The van der Waals surface area contributed by atoms with E-state index in [4.69, 9.17) is 16.3 Å². The van der Waals surface area contributed by atoms with Crippen LogP contribution in [0.2, 0.25) is 5.02 Å². The molecule has 8 heteroatoms. The number of aryl methyl sites for hydroxylation is 2. The van der Waals surface area contributed by atoms with Gasteiger partial charge in [0.25, 0.3) is 5.91 Å². The number of hydrogen-bond acceptors (Lipinski definition) is 5. The predicted molar refractivity (Wildman–Crippen MR) is 86.5 cm³/mol. The van der Waals surface area contributed by atoms with Crippen LogP contribution in [0.5, 0.6) is 0 Å². The van der Waals surface area contributed by atoms with Gasteiger partial charge in [-0.3, -0.25) is 4.79 Å². The summed E-state index contributed by atoms with van der Waals surface area (Å²) in [5.74, 6) is -1.68. The lowest BCUT2D eigenvalue weighted by Crippen LogP contribution is -2.30. The maximum Gasteiger partial charge on any atom is 0.351 e. The van der Waals surface area contributed by atoms with E-state index in [0.717, 1.165) is 11.1 Å². The van der Waals surface area contributed by atoms with Crippen molar-refractivity contribution in [3.63, 3.8) is 0 Å². The Morgan fingerprint density at radius 2 is 2.09 bits per heavy atom. The first-order chi connectivity index (χ1) is 10.8. The number of esters is 1. The summed E-state index contributed by atoms with van der Waals surface area (Å²) in [6.07, 6.45) is -1.04. The number of aromatic nitrogens is 1. The minimum absolute atomic E-state index is 0.0609. The van der Waals surface area contributed by atoms with E-state index in [1.54, 1.807) is 13.8 Å². The standard InChI is InChI=1S/C15H14ClFN2O3S/c1-7-13(23-9(3)18-7)15(21)22-8(2)14(20)19-12-5-4-10(17)6-11(12)16/h4-6,8H,1-3H3,(H,19,20)/t8-/m1/s1. The zero-order chi connectivity index (χ0) is 17.1. The van der Waals surface area contributed by atoms with Gasteiger partial charge in [0.05, 0.1) is 21.4 Å². The minimum Gasteiger partial charge on any atom is -0.448 e. The second kappa shape index (κ2) is 7.06. The third-order valence-corrected chi connectivity index (χ3v) is 4.30. The molecule has 0 unspecified atom stereocenters. The molecule has 23 heavy (non-hydrogen) atoms. The first-order valence-electron chi connectivity index (χ1n) is 6.69. The van der Waals surface area contributed by atoms with Crippen LogP contribution in [0, 0.1) is 19.7 Å². The van der Waals surface area contributed by atoms with E-state index in [1.165, 1.54) is 30.4 Å². The molecule has 5 nitrogen and oxygen atoms in total. The topological polar surface area (TPSA) is 68.3 Å². The van der Waals surface area contributed by atoms with E-state index < -0.39 is 23.8 Å². The fourth-order valence-corrected chi connectivity index (χ4v) is 2.83. The van der Waals surface area contributed by atoms with Gasteiger partial charge in [-0.25, -0.2) is 14.2 Å². The third kappa shape index (κ3) is 4.27. The fourth-order valence-electron chi connectivity index (χ4n) is 1.81. The Morgan fingerprint density at radius 3 is 2.65 bits per heavy atom.